The van der Waals surface area contributed by atoms with Gasteiger partial charge in [0.15, 0.2) is 0 Å². The Morgan fingerprint density at radius 1 is 0.714 bits per heavy atom. The molecule has 2 N–H and O–H groups in total. The lowest BCUT2D eigenvalue weighted by Crippen LogP contribution is -2.47. The van der Waals surface area contributed by atoms with Gasteiger partial charge in [0.1, 0.15) is 23.4 Å². The molecule has 1 aliphatic heterocycles. The van der Waals surface area contributed by atoms with E-state index in [1.165, 1.54) is 0 Å². The number of benzene rings is 2. The van der Waals surface area contributed by atoms with Crippen LogP contribution in [-0.4, -0.2) is 47.7 Å². The standard InChI is InChI=1S/C28H38N2O5/c1-27(2,3)34-25(31)29-21(17-19-13-9-7-10-14-19)23-24(33-23)22(18-20-15-11-8-12-16-20)30-26(32)35-28(4,5)6/h7-16,21-24H,17-18H2,1-6H3,(H,29,31)(H,30,32). The van der Waals surface area contributed by atoms with Crippen LogP contribution in [0.4, 0.5) is 9.59 Å². The van der Waals surface area contributed by atoms with E-state index in [0.717, 1.165) is 11.1 Å². The average Bonchev–Trinajstić information content (AvgIpc) is 3.52. The van der Waals surface area contributed by atoms with Crippen molar-refractivity contribution in [2.24, 2.45) is 0 Å². The smallest absolute Gasteiger partial charge is 0.407 e. The van der Waals surface area contributed by atoms with Gasteiger partial charge in [-0.3, -0.25) is 0 Å². The Morgan fingerprint density at radius 3 is 1.37 bits per heavy atom. The maximum atomic E-state index is 12.6. The average molecular weight is 483 g/mol. The molecule has 0 aromatic heterocycles. The van der Waals surface area contributed by atoms with Crippen LogP contribution in [0.2, 0.25) is 0 Å². The molecule has 0 radical (unpaired) electrons. The molecule has 0 spiro atoms. The molecule has 7 nitrogen and oxygen atoms in total. The molecule has 1 saturated heterocycles. The van der Waals surface area contributed by atoms with E-state index in [9.17, 15) is 9.59 Å². The number of carbonyl (C=O) groups is 2. The maximum absolute atomic E-state index is 12.6. The van der Waals surface area contributed by atoms with Gasteiger partial charge >= 0.3 is 12.2 Å². The summed E-state index contributed by atoms with van der Waals surface area (Å²) in [6.45, 7) is 11.0. The number of epoxide rings is 1. The van der Waals surface area contributed by atoms with Crippen molar-refractivity contribution in [2.75, 3.05) is 0 Å². The van der Waals surface area contributed by atoms with E-state index in [1.54, 1.807) is 0 Å². The summed E-state index contributed by atoms with van der Waals surface area (Å²) in [5, 5.41) is 5.99. The first-order chi connectivity index (χ1) is 16.4. The molecule has 1 heterocycles. The Hall–Kier alpha value is -3.06. The Bertz CT molecular complexity index is 887. The lowest BCUT2D eigenvalue weighted by Gasteiger charge is -2.25. The summed E-state index contributed by atoms with van der Waals surface area (Å²) in [6.07, 6.45) is -0.408. The number of nitrogens with one attached hydrogen (secondary N) is 2. The van der Waals surface area contributed by atoms with Crippen molar-refractivity contribution in [3.63, 3.8) is 0 Å². The van der Waals surface area contributed by atoms with Crippen LogP contribution >= 0.6 is 0 Å². The van der Waals surface area contributed by atoms with Gasteiger partial charge in [-0.2, -0.15) is 0 Å². The van der Waals surface area contributed by atoms with E-state index in [4.69, 9.17) is 14.2 Å². The molecular weight excluding hydrogens is 444 g/mol. The van der Waals surface area contributed by atoms with Gasteiger partial charge < -0.3 is 24.8 Å². The second kappa shape index (κ2) is 11.1. The van der Waals surface area contributed by atoms with E-state index in [2.05, 4.69) is 10.6 Å². The fourth-order valence-corrected chi connectivity index (χ4v) is 3.94. The van der Waals surface area contributed by atoms with Crippen molar-refractivity contribution < 1.29 is 23.8 Å². The van der Waals surface area contributed by atoms with E-state index in [1.807, 2.05) is 102 Å². The van der Waals surface area contributed by atoms with Gasteiger partial charge in [-0.1, -0.05) is 60.7 Å². The first kappa shape index (κ1) is 26.5. The first-order valence-corrected chi connectivity index (χ1v) is 12.1. The second-order valence-corrected chi connectivity index (χ2v) is 11.0. The van der Waals surface area contributed by atoms with Crippen molar-refractivity contribution in [1.82, 2.24) is 10.6 Å². The molecule has 1 fully saturated rings. The van der Waals surface area contributed by atoms with Gasteiger partial charge in [0.05, 0.1) is 12.1 Å². The normalized spacial score (nSPS) is 19.3. The van der Waals surface area contributed by atoms with Crippen molar-refractivity contribution in [3.05, 3.63) is 71.8 Å². The predicted molar refractivity (Wildman–Crippen MR) is 135 cm³/mol. The molecule has 1 aliphatic rings. The molecule has 7 heteroatoms. The van der Waals surface area contributed by atoms with E-state index in [-0.39, 0.29) is 24.3 Å². The third-order valence-corrected chi connectivity index (χ3v) is 5.36. The molecule has 2 amide bonds. The molecule has 2 aromatic rings. The fourth-order valence-electron chi connectivity index (χ4n) is 3.94. The van der Waals surface area contributed by atoms with Crippen LogP contribution in [0.1, 0.15) is 52.7 Å². The van der Waals surface area contributed by atoms with E-state index < -0.39 is 23.4 Å². The number of hydrogen-bond donors (Lipinski definition) is 2. The van der Waals surface area contributed by atoms with Crippen molar-refractivity contribution in [2.45, 2.75) is 89.9 Å². The monoisotopic (exact) mass is 482 g/mol. The van der Waals surface area contributed by atoms with Gasteiger partial charge in [-0.25, -0.2) is 9.59 Å². The molecule has 190 valence electrons. The van der Waals surface area contributed by atoms with Gasteiger partial charge in [0, 0.05) is 0 Å². The number of hydrogen-bond acceptors (Lipinski definition) is 5. The summed E-state index contributed by atoms with van der Waals surface area (Å²) < 4.78 is 17.1. The predicted octanol–water partition coefficient (Wildman–Crippen LogP) is 5.03. The first-order valence-electron chi connectivity index (χ1n) is 12.1. The highest BCUT2D eigenvalue weighted by molar-refractivity contribution is 5.69. The zero-order valence-corrected chi connectivity index (χ0v) is 21.5. The topological polar surface area (TPSA) is 89.2 Å². The lowest BCUT2D eigenvalue weighted by atomic mass is 9.96. The summed E-state index contributed by atoms with van der Waals surface area (Å²) in [5.74, 6) is 0. The minimum absolute atomic E-state index is 0.286. The van der Waals surface area contributed by atoms with Crippen LogP contribution in [0.15, 0.2) is 60.7 Å². The molecule has 2 aromatic carbocycles. The van der Waals surface area contributed by atoms with Gasteiger partial charge in [-0.15, -0.1) is 0 Å². The van der Waals surface area contributed by atoms with Crippen LogP contribution < -0.4 is 10.6 Å². The summed E-state index contributed by atoms with van der Waals surface area (Å²) in [4.78, 5) is 25.2. The number of carbonyl (C=O) groups excluding carboxylic acids is 2. The fraction of sp³-hybridized carbons (Fsp3) is 0.500. The highest BCUT2D eigenvalue weighted by Gasteiger charge is 2.51. The summed E-state index contributed by atoms with van der Waals surface area (Å²) >= 11 is 0. The lowest BCUT2D eigenvalue weighted by molar-refractivity contribution is 0.0482. The van der Waals surface area contributed by atoms with Crippen LogP contribution in [0.25, 0.3) is 0 Å². The number of amides is 2. The minimum Gasteiger partial charge on any atom is -0.444 e. The van der Waals surface area contributed by atoms with E-state index in [0.29, 0.717) is 12.8 Å². The molecule has 3 rings (SSSR count). The quantitative estimate of drug-likeness (QED) is 0.516. The van der Waals surface area contributed by atoms with Crippen molar-refractivity contribution >= 4 is 12.2 Å². The highest BCUT2D eigenvalue weighted by Crippen LogP contribution is 2.32. The molecule has 35 heavy (non-hydrogen) atoms. The maximum Gasteiger partial charge on any atom is 0.407 e. The third kappa shape index (κ3) is 9.25. The van der Waals surface area contributed by atoms with Gasteiger partial charge in [0.25, 0.3) is 0 Å². The zero-order chi connectivity index (χ0) is 25.6. The van der Waals surface area contributed by atoms with Crippen LogP contribution in [-0.2, 0) is 27.1 Å². The molecule has 0 aliphatic carbocycles. The third-order valence-electron chi connectivity index (χ3n) is 5.36. The van der Waals surface area contributed by atoms with Crippen LogP contribution in [0, 0.1) is 0 Å². The Kier molecular flexibility index (Phi) is 8.43. The highest BCUT2D eigenvalue weighted by atomic mass is 16.6. The number of rotatable bonds is 8. The minimum atomic E-state index is -0.612. The molecule has 0 saturated carbocycles. The molecular formula is C28H38N2O5. The van der Waals surface area contributed by atoms with Crippen molar-refractivity contribution in [1.29, 1.82) is 0 Å². The van der Waals surface area contributed by atoms with E-state index >= 15 is 0 Å². The summed E-state index contributed by atoms with van der Waals surface area (Å²) in [5.41, 5.74) is 0.920. The summed E-state index contributed by atoms with van der Waals surface area (Å²) in [6, 6.07) is 19.2. The molecule has 0 bridgehead atoms. The van der Waals surface area contributed by atoms with Crippen molar-refractivity contribution in [3.8, 4) is 0 Å². The summed E-state index contributed by atoms with van der Waals surface area (Å²) in [7, 11) is 0. The largest absolute Gasteiger partial charge is 0.444 e. The van der Waals surface area contributed by atoms with Gasteiger partial charge in [0.2, 0.25) is 0 Å². The number of ether oxygens (including phenoxy) is 3. The Balaban J connectivity index is 1.76. The Morgan fingerprint density at radius 2 is 1.06 bits per heavy atom. The number of alkyl carbamates (subject to hydrolysis) is 2. The zero-order valence-electron chi connectivity index (χ0n) is 21.5. The van der Waals surface area contributed by atoms with Gasteiger partial charge in [-0.05, 0) is 65.5 Å². The SMILES string of the molecule is CC(C)(C)OC(=O)NC(Cc1ccccc1)C1OC1C(Cc1ccccc1)NC(=O)OC(C)(C)C. The Labute approximate surface area is 208 Å². The van der Waals surface area contributed by atoms with Crippen LogP contribution in [0.3, 0.4) is 0 Å². The molecule has 4 unspecified atom stereocenters. The second-order valence-electron chi connectivity index (χ2n) is 11.0. The van der Waals surface area contributed by atoms with Crippen LogP contribution in [0.5, 0.6) is 0 Å². The molecule has 4 atom stereocenters.